The number of aliphatic imine (C=N–C) groups is 1. The second kappa shape index (κ2) is 9.91. The van der Waals surface area contributed by atoms with E-state index in [2.05, 4.69) is 98.0 Å². The zero-order valence-corrected chi connectivity index (χ0v) is 22.2. The number of pyridine rings is 2. The molecule has 4 aromatic rings. The van der Waals surface area contributed by atoms with Crippen LogP contribution in [0.25, 0.3) is 33.3 Å². The standard InChI is InChI=1S/C34H31N3O2/c1-4-6-7-8-14-24(3)34-31-27(30-19-11-12-21-37(30)34)17-13-18-28(31)32-26-16-10-9-15-25(26)20-22-36(32)23-39-33(38)29(5-2)35-34/h5-22,24H,2,4,23H2,1,3H3/q+2/b7-6-,14-8?,35-29?. The van der Waals surface area contributed by atoms with Crippen LogP contribution in [0.2, 0.25) is 0 Å². The van der Waals surface area contributed by atoms with E-state index in [1.54, 1.807) is 0 Å². The van der Waals surface area contributed by atoms with Gasteiger partial charge in [-0.15, -0.1) is 0 Å². The quantitative estimate of drug-likeness (QED) is 0.185. The Hall–Kier alpha value is -4.64. The molecule has 192 valence electrons. The summed E-state index contributed by atoms with van der Waals surface area (Å²) in [5.74, 6) is -0.623. The van der Waals surface area contributed by atoms with Crippen LogP contribution in [0.4, 0.5) is 0 Å². The highest BCUT2D eigenvalue weighted by atomic mass is 16.5. The summed E-state index contributed by atoms with van der Waals surface area (Å²) in [5.41, 5.74) is 4.51. The summed E-state index contributed by atoms with van der Waals surface area (Å²) < 4.78 is 10.1. The van der Waals surface area contributed by atoms with Gasteiger partial charge in [-0.05, 0) is 49.1 Å². The molecule has 2 aromatic heterocycles. The third-order valence-electron chi connectivity index (χ3n) is 7.67. The van der Waals surface area contributed by atoms with Crippen molar-refractivity contribution in [1.29, 1.82) is 0 Å². The van der Waals surface area contributed by atoms with Crippen molar-refractivity contribution < 1.29 is 18.7 Å². The van der Waals surface area contributed by atoms with Crippen molar-refractivity contribution in [2.24, 2.45) is 10.9 Å². The first-order valence-corrected chi connectivity index (χ1v) is 13.4. The van der Waals surface area contributed by atoms with Crippen molar-refractivity contribution >= 4 is 22.5 Å². The number of nitrogens with zero attached hydrogens (tertiary/aromatic N) is 3. The first kappa shape index (κ1) is 24.7. The van der Waals surface area contributed by atoms with E-state index in [0.29, 0.717) is 0 Å². The molecular weight excluding hydrogens is 482 g/mol. The van der Waals surface area contributed by atoms with Crippen LogP contribution in [-0.2, 0) is 21.9 Å². The number of hydrogen-bond donors (Lipinski definition) is 0. The first-order chi connectivity index (χ1) is 19.1. The number of fused-ring (bicyclic) bond motifs is 7. The average Bonchev–Trinajstić information content (AvgIpc) is 3.27. The number of aromatic nitrogens is 2. The Labute approximate surface area is 228 Å². The van der Waals surface area contributed by atoms with Crippen molar-refractivity contribution in [1.82, 2.24) is 0 Å². The third kappa shape index (κ3) is 3.85. The normalized spacial score (nSPS) is 18.8. The van der Waals surface area contributed by atoms with Gasteiger partial charge < -0.3 is 4.74 Å². The molecule has 0 amide bonds. The minimum Gasteiger partial charge on any atom is -0.400 e. The second-order valence-electron chi connectivity index (χ2n) is 9.90. The van der Waals surface area contributed by atoms with Crippen LogP contribution in [-0.4, -0.2) is 11.7 Å². The number of hydrogen-bond acceptors (Lipinski definition) is 3. The predicted octanol–water partition coefficient (Wildman–Crippen LogP) is 6.06. The highest BCUT2D eigenvalue weighted by Gasteiger charge is 2.57. The van der Waals surface area contributed by atoms with Crippen molar-refractivity contribution in [2.45, 2.75) is 32.7 Å². The van der Waals surface area contributed by atoms with Crippen molar-refractivity contribution in [3.05, 3.63) is 122 Å². The molecule has 2 aromatic carbocycles. The van der Waals surface area contributed by atoms with E-state index >= 15 is 0 Å². The van der Waals surface area contributed by atoms with Gasteiger partial charge >= 0.3 is 5.97 Å². The Morgan fingerprint density at radius 2 is 1.85 bits per heavy atom. The maximum atomic E-state index is 13.4. The van der Waals surface area contributed by atoms with Gasteiger partial charge in [-0.2, -0.15) is 9.13 Å². The lowest BCUT2D eigenvalue weighted by Gasteiger charge is -2.28. The van der Waals surface area contributed by atoms with Crippen LogP contribution >= 0.6 is 0 Å². The average molecular weight is 514 g/mol. The fourth-order valence-corrected chi connectivity index (χ4v) is 5.90. The van der Waals surface area contributed by atoms with Gasteiger partial charge in [0.2, 0.25) is 11.4 Å². The van der Waals surface area contributed by atoms with Gasteiger partial charge in [0.15, 0.2) is 12.4 Å². The van der Waals surface area contributed by atoms with Gasteiger partial charge in [-0.25, -0.2) is 9.79 Å². The molecule has 2 aliphatic heterocycles. The molecule has 0 fully saturated rings. The molecule has 2 aliphatic rings. The topological polar surface area (TPSA) is 46.4 Å². The second-order valence-corrected chi connectivity index (χ2v) is 9.90. The SMILES string of the molecule is C=CC1=NC2(C(C)C=C/C=C\CC)c3c(cccc3-c3cccc[n+]32)-c2c3ccccc3cc[n+]2COC1=O. The van der Waals surface area contributed by atoms with E-state index in [1.807, 2.05) is 35.0 Å². The Morgan fingerprint density at radius 3 is 2.69 bits per heavy atom. The number of benzene rings is 2. The summed E-state index contributed by atoms with van der Waals surface area (Å²) >= 11 is 0. The summed E-state index contributed by atoms with van der Waals surface area (Å²) in [6.45, 7) is 8.29. The van der Waals surface area contributed by atoms with Gasteiger partial charge in [0, 0.05) is 18.2 Å². The summed E-state index contributed by atoms with van der Waals surface area (Å²) in [7, 11) is 0. The minimum absolute atomic E-state index is 0.0693. The molecule has 2 atom stereocenters. The molecule has 0 spiro atoms. The van der Waals surface area contributed by atoms with Crippen molar-refractivity contribution in [2.75, 3.05) is 0 Å². The number of carbonyl (C=O) groups is 1. The molecule has 0 radical (unpaired) electrons. The van der Waals surface area contributed by atoms with Crippen molar-refractivity contribution in [3.63, 3.8) is 0 Å². The summed E-state index contributed by atoms with van der Waals surface area (Å²) in [6.07, 6.45) is 14.9. The maximum Gasteiger partial charge on any atom is 0.361 e. The van der Waals surface area contributed by atoms with Gasteiger partial charge in [0.05, 0.1) is 28.0 Å². The molecule has 5 heteroatoms. The number of esters is 1. The zero-order valence-electron chi connectivity index (χ0n) is 22.2. The first-order valence-electron chi connectivity index (χ1n) is 13.4. The number of ether oxygens (including phenoxy) is 1. The van der Waals surface area contributed by atoms with Crippen LogP contribution in [0.5, 0.6) is 0 Å². The number of cyclic esters (lactones) is 1. The molecule has 5 nitrogen and oxygen atoms in total. The highest BCUT2D eigenvalue weighted by molar-refractivity contribution is 6.41. The Balaban J connectivity index is 1.78. The Morgan fingerprint density at radius 1 is 1.03 bits per heavy atom. The Kier molecular flexibility index (Phi) is 6.27. The lowest BCUT2D eigenvalue weighted by Crippen LogP contribution is -2.58. The molecule has 0 aliphatic carbocycles. The summed E-state index contributed by atoms with van der Waals surface area (Å²) in [6, 6.07) is 23.0. The third-order valence-corrected chi connectivity index (χ3v) is 7.67. The van der Waals surface area contributed by atoms with Gasteiger partial charge in [-0.1, -0.05) is 62.1 Å². The molecule has 4 heterocycles. The van der Waals surface area contributed by atoms with Crippen molar-refractivity contribution in [3.8, 4) is 22.5 Å². The lowest BCUT2D eigenvalue weighted by atomic mass is 9.82. The smallest absolute Gasteiger partial charge is 0.361 e. The van der Waals surface area contributed by atoms with Gasteiger partial charge in [0.25, 0.3) is 12.4 Å². The fraction of sp³-hybridized carbons (Fsp3) is 0.176. The molecule has 6 rings (SSSR count). The fourth-order valence-electron chi connectivity index (χ4n) is 5.90. The van der Waals surface area contributed by atoms with Crippen LogP contribution in [0, 0.1) is 5.92 Å². The van der Waals surface area contributed by atoms with E-state index in [0.717, 1.165) is 45.3 Å². The van der Waals surface area contributed by atoms with E-state index < -0.39 is 11.6 Å². The molecule has 0 saturated carbocycles. The van der Waals surface area contributed by atoms with Crippen LogP contribution in [0.15, 0.2) is 121 Å². The van der Waals surface area contributed by atoms with E-state index in [-0.39, 0.29) is 18.4 Å². The van der Waals surface area contributed by atoms with Crippen LogP contribution in [0.3, 0.4) is 0 Å². The minimum atomic E-state index is -0.951. The number of allylic oxidation sites excluding steroid dienone is 3. The zero-order chi connectivity index (χ0) is 27.0. The highest BCUT2D eigenvalue weighted by Crippen LogP contribution is 2.48. The largest absolute Gasteiger partial charge is 0.400 e. The Bertz CT molecular complexity index is 1720. The van der Waals surface area contributed by atoms with E-state index in [4.69, 9.17) is 9.73 Å². The summed E-state index contributed by atoms with van der Waals surface area (Å²) in [5, 5.41) is 2.20. The maximum absolute atomic E-state index is 13.4. The lowest BCUT2D eigenvalue weighted by molar-refractivity contribution is -0.743. The van der Waals surface area contributed by atoms with E-state index in [9.17, 15) is 4.79 Å². The van der Waals surface area contributed by atoms with Crippen LogP contribution in [0.1, 0.15) is 25.8 Å². The molecule has 2 unspecified atom stereocenters. The van der Waals surface area contributed by atoms with Gasteiger partial charge in [0.1, 0.15) is 5.71 Å². The number of carbonyl (C=O) groups excluding carboxylic acids is 1. The predicted molar refractivity (Wildman–Crippen MR) is 154 cm³/mol. The number of rotatable bonds is 5. The van der Waals surface area contributed by atoms with E-state index in [1.165, 1.54) is 6.08 Å². The summed E-state index contributed by atoms with van der Waals surface area (Å²) in [4.78, 5) is 18.7. The molecule has 39 heavy (non-hydrogen) atoms. The molecule has 0 saturated heterocycles. The van der Waals surface area contributed by atoms with Crippen LogP contribution < -0.4 is 9.13 Å². The molecular formula is C34H31N3O2+2. The van der Waals surface area contributed by atoms with Gasteiger partial charge in [-0.3, -0.25) is 0 Å². The monoisotopic (exact) mass is 513 g/mol. The molecule has 0 N–H and O–H groups in total. The molecule has 0 bridgehead atoms.